The maximum Gasteiger partial charge on any atom is 0.256 e. The summed E-state index contributed by atoms with van der Waals surface area (Å²) in [6.07, 6.45) is 4.00. The Morgan fingerprint density at radius 3 is 2.54 bits per heavy atom. The molecule has 0 spiro atoms. The molecule has 0 aliphatic carbocycles. The molecular formula is C25H36N4O5S. The molecule has 10 heteroatoms. The lowest BCUT2D eigenvalue weighted by molar-refractivity contribution is 0.0374. The monoisotopic (exact) mass is 504 g/mol. The summed E-state index contributed by atoms with van der Waals surface area (Å²) in [6, 6.07) is 4.67. The van der Waals surface area contributed by atoms with Crippen LogP contribution in [0, 0.1) is 5.92 Å². The number of aryl methyl sites for hydroxylation is 1. The van der Waals surface area contributed by atoms with Crippen LogP contribution in [0.2, 0.25) is 0 Å². The van der Waals surface area contributed by atoms with Gasteiger partial charge in [-0.3, -0.25) is 14.5 Å². The van der Waals surface area contributed by atoms with Crippen molar-refractivity contribution in [3.05, 3.63) is 40.2 Å². The van der Waals surface area contributed by atoms with E-state index in [1.807, 2.05) is 11.5 Å². The maximum absolute atomic E-state index is 13.3. The highest BCUT2D eigenvalue weighted by molar-refractivity contribution is 7.89. The zero-order chi connectivity index (χ0) is 25.0. The Balaban J connectivity index is 1.55. The summed E-state index contributed by atoms with van der Waals surface area (Å²) in [4.78, 5) is 28.6. The Morgan fingerprint density at radius 2 is 1.86 bits per heavy atom. The normalized spacial score (nSPS) is 18.7. The molecule has 192 valence electrons. The van der Waals surface area contributed by atoms with Gasteiger partial charge in [-0.1, -0.05) is 6.92 Å². The number of sulfonamides is 1. The van der Waals surface area contributed by atoms with E-state index in [9.17, 15) is 18.0 Å². The van der Waals surface area contributed by atoms with Crippen molar-refractivity contribution < 1.29 is 17.9 Å². The summed E-state index contributed by atoms with van der Waals surface area (Å²) in [5, 5.41) is 3.11. The molecule has 2 aliphatic rings. The summed E-state index contributed by atoms with van der Waals surface area (Å²) < 4.78 is 35.2. The first-order valence-electron chi connectivity index (χ1n) is 12.6. The van der Waals surface area contributed by atoms with E-state index < -0.39 is 21.4 Å². The number of piperidine rings is 1. The minimum Gasteiger partial charge on any atom is -0.379 e. The molecule has 1 aromatic carbocycles. The van der Waals surface area contributed by atoms with Gasteiger partial charge in [0.25, 0.3) is 5.91 Å². The van der Waals surface area contributed by atoms with Crippen LogP contribution >= 0.6 is 0 Å². The fourth-order valence-corrected chi connectivity index (χ4v) is 6.26. The predicted molar refractivity (Wildman–Crippen MR) is 135 cm³/mol. The van der Waals surface area contributed by atoms with Gasteiger partial charge in [-0.05, 0) is 56.8 Å². The van der Waals surface area contributed by atoms with Crippen molar-refractivity contribution in [2.45, 2.75) is 44.6 Å². The Hall–Kier alpha value is -2.27. The van der Waals surface area contributed by atoms with Gasteiger partial charge in [0.05, 0.1) is 23.6 Å². The first kappa shape index (κ1) is 25.8. The summed E-state index contributed by atoms with van der Waals surface area (Å²) in [5.74, 6) is 0.0732. The Morgan fingerprint density at radius 1 is 1.14 bits per heavy atom. The maximum atomic E-state index is 13.3. The van der Waals surface area contributed by atoms with Gasteiger partial charge in [-0.25, -0.2) is 8.42 Å². The number of amides is 1. The van der Waals surface area contributed by atoms with Crippen LogP contribution in [0.3, 0.4) is 0 Å². The molecular weight excluding hydrogens is 468 g/mol. The number of carbonyl (C=O) groups is 1. The number of aromatic nitrogens is 1. The van der Waals surface area contributed by atoms with Crippen molar-refractivity contribution in [3.8, 4) is 0 Å². The molecule has 0 unspecified atom stereocenters. The van der Waals surface area contributed by atoms with E-state index in [0.717, 1.165) is 52.1 Å². The molecule has 3 heterocycles. The van der Waals surface area contributed by atoms with Crippen LogP contribution in [0.25, 0.3) is 10.9 Å². The van der Waals surface area contributed by atoms with Gasteiger partial charge in [0.15, 0.2) is 0 Å². The van der Waals surface area contributed by atoms with E-state index in [2.05, 4.69) is 17.1 Å². The molecule has 1 amide bonds. The summed E-state index contributed by atoms with van der Waals surface area (Å²) in [5.41, 5.74) is 0.208. The van der Waals surface area contributed by atoms with Gasteiger partial charge in [-0.15, -0.1) is 0 Å². The SMILES string of the molecule is CCn1cc(C(=O)NCCCN2CCOCC2)c(=O)c2cc(S(=O)(=O)N3CCC(C)CC3)ccc21. The molecule has 2 aliphatic heterocycles. The minimum absolute atomic E-state index is 0.0343. The van der Waals surface area contributed by atoms with Gasteiger partial charge in [0.1, 0.15) is 5.56 Å². The third kappa shape index (κ3) is 5.77. The highest BCUT2D eigenvalue weighted by Gasteiger charge is 2.29. The number of carbonyl (C=O) groups excluding carboxylic acids is 1. The molecule has 0 atom stereocenters. The first-order valence-corrected chi connectivity index (χ1v) is 14.0. The number of rotatable bonds is 8. The second kappa shape index (κ2) is 11.2. The van der Waals surface area contributed by atoms with Crippen LogP contribution in [0.1, 0.15) is 43.5 Å². The lowest BCUT2D eigenvalue weighted by Gasteiger charge is -2.29. The van der Waals surface area contributed by atoms with E-state index in [4.69, 9.17) is 4.74 Å². The van der Waals surface area contributed by atoms with Crippen molar-refractivity contribution >= 4 is 26.8 Å². The highest BCUT2D eigenvalue weighted by atomic mass is 32.2. The van der Waals surface area contributed by atoms with Crippen LogP contribution in [0.4, 0.5) is 0 Å². The predicted octanol–water partition coefficient (Wildman–Crippen LogP) is 1.89. The number of morpholine rings is 1. The highest BCUT2D eigenvalue weighted by Crippen LogP contribution is 2.25. The summed E-state index contributed by atoms with van der Waals surface area (Å²) in [6.45, 7) is 10.1. The summed E-state index contributed by atoms with van der Waals surface area (Å²) in [7, 11) is -3.70. The lowest BCUT2D eigenvalue weighted by atomic mass is 10.0. The van der Waals surface area contributed by atoms with Crippen LogP contribution in [-0.2, 0) is 21.3 Å². The number of ether oxygens (including phenoxy) is 1. The van der Waals surface area contributed by atoms with Crippen molar-refractivity contribution in [2.24, 2.45) is 5.92 Å². The fraction of sp³-hybridized carbons (Fsp3) is 0.600. The van der Waals surface area contributed by atoms with Crippen LogP contribution in [0.15, 0.2) is 34.1 Å². The zero-order valence-electron chi connectivity index (χ0n) is 20.7. The quantitative estimate of drug-likeness (QED) is 0.551. The van der Waals surface area contributed by atoms with Crippen LogP contribution < -0.4 is 10.7 Å². The fourth-order valence-electron chi connectivity index (χ4n) is 4.76. The smallest absolute Gasteiger partial charge is 0.256 e. The number of nitrogens with zero attached hydrogens (tertiary/aromatic N) is 3. The molecule has 0 bridgehead atoms. The van der Waals surface area contributed by atoms with E-state index in [-0.39, 0.29) is 15.8 Å². The van der Waals surface area contributed by atoms with Gasteiger partial charge < -0.3 is 14.6 Å². The van der Waals surface area contributed by atoms with Gasteiger partial charge >= 0.3 is 0 Å². The van der Waals surface area contributed by atoms with Crippen molar-refractivity contribution in [1.82, 2.24) is 19.1 Å². The second-order valence-corrected chi connectivity index (χ2v) is 11.4. The van der Waals surface area contributed by atoms with E-state index in [1.165, 1.54) is 10.4 Å². The van der Waals surface area contributed by atoms with Crippen LogP contribution in [0.5, 0.6) is 0 Å². The third-order valence-corrected chi connectivity index (χ3v) is 8.95. The molecule has 0 radical (unpaired) electrons. The lowest BCUT2D eigenvalue weighted by Crippen LogP contribution is -2.38. The summed E-state index contributed by atoms with van der Waals surface area (Å²) >= 11 is 0. The average molecular weight is 505 g/mol. The molecule has 4 rings (SSSR count). The standard InChI is InChI=1S/C25H36N4O5S/c1-3-28-18-22(25(31)26-9-4-10-27-13-15-34-16-14-27)24(30)21-17-20(5-6-23(21)28)35(32,33)29-11-7-19(2)8-12-29/h5-6,17-19H,3-4,7-16H2,1-2H3,(H,26,31). The van der Waals surface area contributed by atoms with E-state index >= 15 is 0 Å². The number of hydrogen-bond donors (Lipinski definition) is 1. The van der Waals surface area contributed by atoms with Crippen molar-refractivity contribution in [2.75, 3.05) is 52.5 Å². The Labute approximate surface area is 207 Å². The molecule has 2 aromatic rings. The van der Waals surface area contributed by atoms with Gasteiger partial charge in [0.2, 0.25) is 15.5 Å². The number of fused-ring (bicyclic) bond motifs is 1. The van der Waals surface area contributed by atoms with E-state index in [1.54, 1.807) is 18.3 Å². The molecule has 0 saturated carbocycles. The third-order valence-electron chi connectivity index (χ3n) is 7.06. The zero-order valence-corrected chi connectivity index (χ0v) is 21.5. The first-order chi connectivity index (χ1) is 16.8. The van der Waals surface area contributed by atoms with Gasteiger partial charge in [-0.2, -0.15) is 4.31 Å². The number of benzene rings is 1. The topological polar surface area (TPSA) is 101 Å². The van der Waals surface area contributed by atoms with Crippen LogP contribution in [-0.4, -0.2) is 80.6 Å². The average Bonchev–Trinajstić information content (AvgIpc) is 2.87. The molecule has 9 nitrogen and oxygen atoms in total. The number of nitrogens with one attached hydrogen (secondary N) is 1. The van der Waals surface area contributed by atoms with Gasteiger partial charge in [0, 0.05) is 50.9 Å². The molecule has 2 fully saturated rings. The molecule has 1 aromatic heterocycles. The Kier molecular flexibility index (Phi) is 8.26. The Bertz CT molecular complexity index is 1210. The molecule has 1 N–H and O–H groups in total. The van der Waals surface area contributed by atoms with E-state index in [0.29, 0.717) is 37.6 Å². The second-order valence-electron chi connectivity index (χ2n) is 9.49. The number of pyridine rings is 1. The minimum atomic E-state index is -3.70. The molecule has 35 heavy (non-hydrogen) atoms. The van der Waals surface area contributed by atoms with Crippen molar-refractivity contribution in [1.29, 1.82) is 0 Å². The van der Waals surface area contributed by atoms with Crippen molar-refractivity contribution in [3.63, 3.8) is 0 Å². The molecule has 2 saturated heterocycles. The number of hydrogen-bond acceptors (Lipinski definition) is 6. The largest absolute Gasteiger partial charge is 0.379 e.